The quantitative estimate of drug-likeness (QED) is 0.940. The fourth-order valence-corrected chi connectivity index (χ4v) is 1.63. The van der Waals surface area contributed by atoms with Crippen LogP contribution in [0.3, 0.4) is 0 Å². The van der Waals surface area contributed by atoms with Crippen LogP contribution in [0, 0.1) is 0 Å². The molecule has 7 heteroatoms. The zero-order chi connectivity index (χ0) is 14.8. The second kappa shape index (κ2) is 5.36. The molecular weight excluding hydrogens is 271 g/mol. The smallest absolute Gasteiger partial charge is 0.321 e. The van der Waals surface area contributed by atoms with Gasteiger partial charge < -0.3 is 5.32 Å². The Kier molecular flexibility index (Phi) is 3.78. The first-order valence-corrected chi connectivity index (χ1v) is 5.92. The van der Waals surface area contributed by atoms with Gasteiger partial charge in [-0.3, -0.25) is 9.48 Å². The van der Waals surface area contributed by atoms with Crippen LogP contribution in [-0.4, -0.2) is 15.7 Å². The Morgan fingerprint density at radius 1 is 1.35 bits per heavy atom. The number of benzene rings is 1. The maximum atomic E-state index is 12.5. The molecule has 0 fully saturated rings. The van der Waals surface area contributed by atoms with Crippen molar-refractivity contribution in [3.63, 3.8) is 0 Å². The highest BCUT2D eigenvalue weighted by Crippen LogP contribution is 2.30. The molecule has 1 aromatic carbocycles. The number of aryl methyl sites for hydroxylation is 1. The summed E-state index contributed by atoms with van der Waals surface area (Å²) in [5.74, 6) is -0.545. The van der Waals surface area contributed by atoms with Crippen LogP contribution >= 0.6 is 0 Å². The average molecular weight is 283 g/mol. The van der Waals surface area contributed by atoms with Crippen molar-refractivity contribution in [2.45, 2.75) is 19.6 Å². The van der Waals surface area contributed by atoms with Crippen molar-refractivity contribution in [1.82, 2.24) is 9.78 Å². The molecule has 2 aromatic rings. The van der Waals surface area contributed by atoms with Gasteiger partial charge >= 0.3 is 6.18 Å². The first-order valence-electron chi connectivity index (χ1n) is 5.92. The number of anilines is 1. The van der Waals surface area contributed by atoms with Crippen molar-refractivity contribution < 1.29 is 18.0 Å². The highest BCUT2D eigenvalue weighted by molar-refractivity contribution is 6.02. The van der Waals surface area contributed by atoms with Crippen molar-refractivity contribution in [3.8, 4) is 0 Å². The van der Waals surface area contributed by atoms with E-state index in [4.69, 9.17) is 0 Å². The molecule has 20 heavy (non-hydrogen) atoms. The number of alkyl halides is 3. The minimum atomic E-state index is -4.44. The third kappa shape index (κ3) is 3.17. The van der Waals surface area contributed by atoms with Crippen molar-refractivity contribution in [3.05, 3.63) is 47.8 Å². The van der Waals surface area contributed by atoms with E-state index in [-0.39, 0.29) is 11.4 Å². The number of nitrogens with zero attached hydrogens (tertiary/aromatic N) is 2. The van der Waals surface area contributed by atoms with Crippen molar-refractivity contribution >= 4 is 11.6 Å². The SMILES string of the molecule is CCn1ccc(C(=O)Nc2cccc(C(F)(F)F)c2)n1. The van der Waals surface area contributed by atoms with E-state index in [2.05, 4.69) is 10.4 Å². The zero-order valence-electron chi connectivity index (χ0n) is 10.6. The lowest BCUT2D eigenvalue weighted by Gasteiger charge is -2.09. The minimum Gasteiger partial charge on any atom is -0.321 e. The Labute approximate surface area is 113 Å². The summed E-state index contributed by atoms with van der Waals surface area (Å²) in [6.45, 7) is 2.47. The van der Waals surface area contributed by atoms with E-state index < -0.39 is 17.6 Å². The van der Waals surface area contributed by atoms with E-state index in [1.165, 1.54) is 18.2 Å². The Morgan fingerprint density at radius 2 is 2.10 bits per heavy atom. The monoisotopic (exact) mass is 283 g/mol. The van der Waals surface area contributed by atoms with Gasteiger partial charge in [0.05, 0.1) is 5.56 Å². The molecule has 1 aromatic heterocycles. The molecular formula is C13H12F3N3O. The Bertz CT molecular complexity index is 619. The van der Waals surface area contributed by atoms with Crippen LogP contribution in [0.1, 0.15) is 23.0 Å². The predicted molar refractivity (Wildman–Crippen MR) is 67.3 cm³/mol. The van der Waals surface area contributed by atoms with Crippen LogP contribution in [0.15, 0.2) is 36.5 Å². The lowest BCUT2D eigenvalue weighted by Crippen LogP contribution is -2.14. The molecule has 4 nitrogen and oxygen atoms in total. The summed E-state index contributed by atoms with van der Waals surface area (Å²) in [5, 5.41) is 6.37. The van der Waals surface area contributed by atoms with E-state index in [1.807, 2.05) is 6.92 Å². The van der Waals surface area contributed by atoms with Crippen molar-refractivity contribution in [1.29, 1.82) is 0 Å². The number of hydrogen-bond acceptors (Lipinski definition) is 2. The molecule has 0 unspecified atom stereocenters. The molecule has 0 saturated carbocycles. The Morgan fingerprint density at radius 3 is 2.70 bits per heavy atom. The summed E-state index contributed by atoms with van der Waals surface area (Å²) >= 11 is 0. The van der Waals surface area contributed by atoms with Gasteiger partial charge in [0.25, 0.3) is 5.91 Å². The summed E-state index contributed by atoms with van der Waals surface area (Å²) in [7, 11) is 0. The normalized spacial score (nSPS) is 11.4. The minimum absolute atomic E-state index is 0.0795. The molecule has 0 bridgehead atoms. The number of hydrogen-bond donors (Lipinski definition) is 1. The van der Waals surface area contributed by atoms with Gasteiger partial charge in [-0.25, -0.2) is 0 Å². The second-order valence-electron chi connectivity index (χ2n) is 4.09. The molecule has 0 atom stereocenters. The van der Waals surface area contributed by atoms with Gasteiger partial charge in [-0.2, -0.15) is 18.3 Å². The molecule has 0 saturated heterocycles. The zero-order valence-corrected chi connectivity index (χ0v) is 10.6. The maximum absolute atomic E-state index is 12.5. The molecule has 1 N–H and O–H groups in total. The van der Waals surface area contributed by atoms with Crippen LogP contribution in [0.5, 0.6) is 0 Å². The number of carbonyl (C=O) groups is 1. The van der Waals surface area contributed by atoms with E-state index in [9.17, 15) is 18.0 Å². The largest absolute Gasteiger partial charge is 0.416 e. The van der Waals surface area contributed by atoms with Gasteiger partial charge in [0.15, 0.2) is 5.69 Å². The highest BCUT2D eigenvalue weighted by Gasteiger charge is 2.30. The number of amides is 1. The number of halogens is 3. The van der Waals surface area contributed by atoms with Gasteiger partial charge in [0, 0.05) is 18.4 Å². The lowest BCUT2D eigenvalue weighted by molar-refractivity contribution is -0.137. The van der Waals surface area contributed by atoms with Crippen LogP contribution in [-0.2, 0) is 12.7 Å². The van der Waals surface area contributed by atoms with Crippen LogP contribution in [0.25, 0.3) is 0 Å². The van der Waals surface area contributed by atoms with E-state index in [0.29, 0.717) is 6.54 Å². The van der Waals surface area contributed by atoms with Crippen molar-refractivity contribution in [2.24, 2.45) is 0 Å². The fraction of sp³-hybridized carbons (Fsp3) is 0.231. The topological polar surface area (TPSA) is 46.9 Å². The Hall–Kier alpha value is -2.31. The molecule has 0 aliphatic heterocycles. The molecule has 2 rings (SSSR count). The van der Waals surface area contributed by atoms with Gasteiger partial charge in [0.1, 0.15) is 0 Å². The van der Waals surface area contributed by atoms with Gasteiger partial charge in [-0.1, -0.05) is 6.07 Å². The number of aromatic nitrogens is 2. The molecule has 0 aliphatic rings. The second-order valence-corrected chi connectivity index (χ2v) is 4.09. The van der Waals surface area contributed by atoms with Crippen molar-refractivity contribution in [2.75, 3.05) is 5.32 Å². The molecule has 1 heterocycles. The number of carbonyl (C=O) groups excluding carboxylic acids is 1. The standard InChI is InChI=1S/C13H12F3N3O/c1-2-19-7-6-11(18-19)12(20)17-10-5-3-4-9(8-10)13(14,15)16/h3-8H,2H2,1H3,(H,17,20). The highest BCUT2D eigenvalue weighted by atomic mass is 19.4. The fourth-order valence-electron chi connectivity index (χ4n) is 1.63. The van der Waals surface area contributed by atoms with Gasteiger partial charge in [-0.15, -0.1) is 0 Å². The third-order valence-corrected chi connectivity index (χ3v) is 2.65. The molecule has 1 amide bonds. The summed E-state index contributed by atoms with van der Waals surface area (Å²) in [6, 6.07) is 5.97. The molecule has 0 radical (unpaired) electrons. The van der Waals surface area contributed by atoms with Crippen LogP contribution < -0.4 is 5.32 Å². The summed E-state index contributed by atoms with van der Waals surface area (Å²) in [4.78, 5) is 11.8. The van der Waals surface area contributed by atoms with Crippen LogP contribution in [0.2, 0.25) is 0 Å². The first kappa shape index (κ1) is 14.1. The summed E-state index contributed by atoms with van der Waals surface area (Å²) < 4.78 is 39.2. The third-order valence-electron chi connectivity index (χ3n) is 2.65. The number of nitrogens with one attached hydrogen (secondary N) is 1. The van der Waals surface area contributed by atoms with Gasteiger partial charge in [0.2, 0.25) is 0 Å². The van der Waals surface area contributed by atoms with E-state index in [1.54, 1.807) is 10.9 Å². The van der Waals surface area contributed by atoms with Gasteiger partial charge in [-0.05, 0) is 31.2 Å². The average Bonchev–Trinajstić information content (AvgIpc) is 2.87. The van der Waals surface area contributed by atoms with E-state index >= 15 is 0 Å². The molecule has 0 spiro atoms. The van der Waals surface area contributed by atoms with Crippen LogP contribution in [0.4, 0.5) is 18.9 Å². The first-order chi connectivity index (χ1) is 9.40. The summed E-state index contributed by atoms with van der Waals surface area (Å²) in [6.07, 6.45) is -2.81. The Balaban J connectivity index is 2.15. The molecule has 106 valence electrons. The van der Waals surface area contributed by atoms with E-state index in [0.717, 1.165) is 12.1 Å². The number of rotatable bonds is 3. The molecule has 0 aliphatic carbocycles. The predicted octanol–water partition coefficient (Wildman–Crippen LogP) is 3.17. The lowest BCUT2D eigenvalue weighted by atomic mass is 10.2. The summed E-state index contributed by atoms with van der Waals surface area (Å²) in [5.41, 5.74) is -0.575. The maximum Gasteiger partial charge on any atom is 0.416 e.